The zero-order valence-corrected chi connectivity index (χ0v) is 26.0. The number of aryl methyl sites for hydroxylation is 2. The van der Waals surface area contributed by atoms with E-state index >= 15 is 0 Å². The second-order valence-electron chi connectivity index (χ2n) is 9.34. The van der Waals surface area contributed by atoms with Gasteiger partial charge in [-0.1, -0.05) is 110 Å². The van der Waals surface area contributed by atoms with E-state index in [1.54, 1.807) is 0 Å². The molecule has 6 rings (SSSR count). The third-order valence-corrected chi connectivity index (χ3v) is 7.51. The van der Waals surface area contributed by atoms with E-state index in [0.29, 0.717) is 0 Å². The first-order valence-corrected chi connectivity index (χ1v) is 14.4. The van der Waals surface area contributed by atoms with Crippen molar-refractivity contribution in [3.05, 3.63) is 145 Å². The van der Waals surface area contributed by atoms with Gasteiger partial charge in [0, 0.05) is 0 Å². The minimum atomic E-state index is 0. The third kappa shape index (κ3) is 9.19. The van der Waals surface area contributed by atoms with Gasteiger partial charge in [0.1, 0.15) is 9.52 Å². The van der Waals surface area contributed by atoms with Crippen LogP contribution in [0.4, 0.5) is 0 Å². The van der Waals surface area contributed by atoms with Crippen LogP contribution in [0.5, 0.6) is 0 Å². The van der Waals surface area contributed by atoms with E-state index in [4.69, 9.17) is 0 Å². The Morgan fingerprint density at radius 1 is 0.500 bits per heavy atom. The maximum atomic E-state index is 2.29. The molecule has 0 amide bonds. The average molecular weight is 588 g/mol. The molecular weight excluding hydrogens is 552 g/mol. The predicted octanol–water partition coefficient (Wildman–Crippen LogP) is 8.36. The van der Waals surface area contributed by atoms with Gasteiger partial charge in [-0.2, -0.15) is 12.1 Å². The molecule has 0 saturated heterocycles. The molecule has 0 heterocycles. The van der Waals surface area contributed by atoms with E-state index in [0.717, 1.165) is 9.52 Å². The van der Waals surface area contributed by atoms with Crippen LogP contribution in [0.15, 0.2) is 133 Å². The molecule has 0 saturated carbocycles. The molecule has 188 valence electrons. The van der Waals surface area contributed by atoms with E-state index < -0.39 is 0 Å². The molecule has 0 aromatic heterocycles. The van der Waals surface area contributed by atoms with Crippen molar-refractivity contribution in [1.82, 2.24) is 0 Å². The van der Waals surface area contributed by atoms with E-state index in [1.165, 1.54) is 68.7 Å². The number of fused-ring (bicyclic) bond motifs is 2. The summed E-state index contributed by atoms with van der Waals surface area (Å²) in [6.07, 6.45) is 4.87. The molecule has 38 heavy (non-hydrogen) atoms. The maximum Gasteiger partial charge on any atom is 2.00 e. The molecule has 2 radical (unpaired) electrons. The molecule has 0 unspecified atom stereocenters. The summed E-state index contributed by atoms with van der Waals surface area (Å²) >= 11 is 0. The molecular formula is C36H36SiZr. The molecule has 0 N–H and O–H groups in total. The van der Waals surface area contributed by atoms with Crippen LogP contribution >= 0.6 is 0 Å². The molecule has 2 heteroatoms. The average Bonchev–Trinajstić information content (AvgIpc) is 3.54. The Balaban J connectivity index is 0.000000156. The van der Waals surface area contributed by atoms with Gasteiger partial charge in [-0.25, -0.2) is 0 Å². The summed E-state index contributed by atoms with van der Waals surface area (Å²) in [5, 5.41) is 8.30. The van der Waals surface area contributed by atoms with Crippen molar-refractivity contribution in [3.8, 4) is 0 Å². The Labute approximate surface area is 250 Å². The van der Waals surface area contributed by atoms with Crippen molar-refractivity contribution < 1.29 is 26.2 Å². The summed E-state index contributed by atoms with van der Waals surface area (Å²) in [7, 11) is 0.777. The van der Waals surface area contributed by atoms with Crippen molar-refractivity contribution in [2.45, 2.75) is 39.5 Å². The fraction of sp³-hybridized carbons (Fsp3) is 0.167. The quantitative estimate of drug-likeness (QED) is 0.136. The van der Waals surface area contributed by atoms with Crippen LogP contribution in [0.1, 0.15) is 37.8 Å². The molecule has 0 aliphatic rings. The van der Waals surface area contributed by atoms with Crippen LogP contribution in [0.2, 0.25) is 0 Å². The zero-order chi connectivity index (χ0) is 25.7. The molecule has 0 bridgehead atoms. The van der Waals surface area contributed by atoms with Gasteiger partial charge < -0.3 is 0 Å². The minimum Gasteiger partial charge on any atom is -0.165 e. The smallest absolute Gasteiger partial charge is 0.165 e. The molecule has 0 nitrogen and oxygen atoms in total. The van der Waals surface area contributed by atoms with Crippen molar-refractivity contribution in [2.24, 2.45) is 0 Å². The molecule has 0 atom stereocenters. The minimum absolute atomic E-state index is 0. The van der Waals surface area contributed by atoms with E-state index in [2.05, 4.69) is 147 Å². The van der Waals surface area contributed by atoms with Crippen LogP contribution in [0.25, 0.3) is 21.5 Å². The van der Waals surface area contributed by atoms with Gasteiger partial charge in [-0.3, -0.25) is 0 Å². The third-order valence-electron chi connectivity index (χ3n) is 6.27. The molecule has 0 spiro atoms. The summed E-state index contributed by atoms with van der Waals surface area (Å²) in [6, 6.07) is 47.4. The van der Waals surface area contributed by atoms with Crippen molar-refractivity contribution >= 4 is 41.4 Å². The van der Waals surface area contributed by atoms with Gasteiger partial charge in [0.15, 0.2) is 0 Å². The zero-order valence-electron chi connectivity index (χ0n) is 22.5. The summed E-state index contributed by atoms with van der Waals surface area (Å²) in [5.41, 5.74) is 2.94. The summed E-state index contributed by atoms with van der Waals surface area (Å²) in [5.74, 6) is 0. The van der Waals surface area contributed by atoms with E-state index in [9.17, 15) is 0 Å². The summed E-state index contributed by atoms with van der Waals surface area (Å²) < 4.78 is 0. The van der Waals surface area contributed by atoms with E-state index in [1.807, 2.05) is 0 Å². The van der Waals surface area contributed by atoms with Gasteiger partial charge >= 0.3 is 26.2 Å². The van der Waals surface area contributed by atoms with Gasteiger partial charge in [-0.15, -0.1) is 81.2 Å². The first kappa shape index (κ1) is 29.8. The number of benzene rings is 4. The Morgan fingerprint density at radius 2 is 0.868 bits per heavy atom. The van der Waals surface area contributed by atoms with Crippen molar-refractivity contribution in [1.29, 1.82) is 0 Å². The SMILES string of the molecule is CCCc1cc2ccccc2[cH-]1.CCCc1cc2ccccc2[cH-]1.[Zr+2].c1ccc([Si]c2ccccc2)cc1. The Hall–Kier alpha value is -2.80. The largest absolute Gasteiger partial charge is 2.00 e. The van der Waals surface area contributed by atoms with Gasteiger partial charge in [-0.05, 0) is 12.8 Å². The number of hydrogen-bond acceptors (Lipinski definition) is 0. The van der Waals surface area contributed by atoms with Crippen LogP contribution in [0.3, 0.4) is 0 Å². The molecule has 6 aromatic carbocycles. The van der Waals surface area contributed by atoms with Crippen LogP contribution in [-0.2, 0) is 39.0 Å². The van der Waals surface area contributed by atoms with Crippen molar-refractivity contribution in [2.75, 3.05) is 0 Å². The van der Waals surface area contributed by atoms with E-state index in [-0.39, 0.29) is 26.2 Å². The first-order valence-electron chi connectivity index (χ1n) is 13.4. The second kappa shape index (κ2) is 16.2. The van der Waals surface area contributed by atoms with Crippen LogP contribution in [0, 0.1) is 0 Å². The Bertz CT molecular complexity index is 1280. The molecule has 6 aromatic rings. The number of hydrogen-bond donors (Lipinski definition) is 0. The fourth-order valence-electron chi connectivity index (χ4n) is 4.51. The van der Waals surface area contributed by atoms with Crippen molar-refractivity contribution in [3.63, 3.8) is 0 Å². The monoisotopic (exact) mass is 586 g/mol. The second-order valence-corrected chi connectivity index (χ2v) is 10.7. The van der Waals surface area contributed by atoms with Gasteiger partial charge in [0.05, 0.1) is 0 Å². The normalized spacial score (nSPS) is 10.2. The summed E-state index contributed by atoms with van der Waals surface area (Å²) in [4.78, 5) is 0. The van der Waals surface area contributed by atoms with Crippen LogP contribution < -0.4 is 10.4 Å². The standard InChI is InChI=1S/C12H10Si.2C12H13.Zr/c1-3-7-11(8-4-1)13-12-9-5-2-6-10-12;2*1-2-5-10-8-11-6-3-4-7-12(11)9-10;/h1-10H;2*3-4,6-9H,2,5H2,1H3;/q;2*-1;+2. The van der Waals surface area contributed by atoms with Crippen LogP contribution in [-0.4, -0.2) is 9.52 Å². The Morgan fingerprint density at radius 3 is 1.24 bits per heavy atom. The van der Waals surface area contributed by atoms with Gasteiger partial charge in [0.2, 0.25) is 0 Å². The number of rotatable bonds is 6. The molecule has 0 aliphatic heterocycles. The topological polar surface area (TPSA) is 0 Å². The predicted molar refractivity (Wildman–Crippen MR) is 165 cm³/mol. The Kier molecular flexibility index (Phi) is 12.7. The molecule has 0 aliphatic carbocycles. The maximum absolute atomic E-state index is 2.29. The molecule has 0 fully saturated rings. The summed E-state index contributed by atoms with van der Waals surface area (Å²) in [6.45, 7) is 4.44. The first-order chi connectivity index (χ1) is 18.2. The van der Waals surface area contributed by atoms with Gasteiger partial charge in [0.25, 0.3) is 0 Å². The fourth-order valence-corrected chi connectivity index (χ4v) is 5.56.